The molecule has 3 rings (SSSR count). The minimum atomic E-state index is -0.127. The van der Waals surface area contributed by atoms with Gasteiger partial charge in [0.25, 0.3) is 0 Å². The molecule has 2 N–H and O–H groups in total. The molecule has 1 amide bonds. The number of hydrogen-bond acceptors (Lipinski definition) is 5. The van der Waals surface area contributed by atoms with Gasteiger partial charge < -0.3 is 15.4 Å². The Labute approximate surface area is 170 Å². The first-order valence-electron chi connectivity index (χ1n) is 9.29. The number of pyridine rings is 1. The molecule has 1 heterocycles. The van der Waals surface area contributed by atoms with Crippen molar-refractivity contribution in [3.8, 4) is 11.8 Å². The molecule has 6 nitrogen and oxygen atoms in total. The van der Waals surface area contributed by atoms with Crippen LogP contribution < -0.4 is 15.4 Å². The maximum Gasteiger partial charge on any atom is 0.239 e. The van der Waals surface area contributed by atoms with E-state index in [9.17, 15) is 4.79 Å². The van der Waals surface area contributed by atoms with Gasteiger partial charge in [0.15, 0.2) is 0 Å². The second-order valence-electron chi connectivity index (χ2n) is 6.55. The van der Waals surface area contributed by atoms with Gasteiger partial charge in [-0.2, -0.15) is 5.26 Å². The lowest BCUT2D eigenvalue weighted by atomic mass is 10.1. The molecular weight excluding hydrogens is 364 g/mol. The van der Waals surface area contributed by atoms with E-state index >= 15 is 0 Å². The van der Waals surface area contributed by atoms with Gasteiger partial charge in [-0.3, -0.25) is 9.78 Å². The highest BCUT2D eigenvalue weighted by Crippen LogP contribution is 2.18. The van der Waals surface area contributed by atoms with Crippen LogP contribution in [-0.4, -0.2) is 17.4 Å². The van der Waals surface area contributed by atoms with Crippen LogP contribution in [0.25, 0.3) is 0 Å². The van der Waals surface area contributed by atoms with Gasteiger partial charge in [-0.25, -0.2) is 0 Å². The van der Waals surface area contributed by atoms with Gasteiger partial charge in [-0.15, -0.1) is 0 Å². The summed E-state index contributed by atoms with van der Waals surface area (Å²) in [6.45, 7) is 2.55. The van der Waals surface area contributed by atoms with E-state index in [0.29, 0.717) is 12.2 Å². The summed E-state index contributed by atoms with van der Waals surface area (Å²) in [6.07, 6.45) is 3.51. The van der Waals surface area contributed by atoms with E-state index in [1.54, 1.807) is 36.7 Å². The zero-order valence-electron chi connectivity index (χ0n) is 16.1. The number of benzene rings is 2. The molecule has 0 aliphatic heterocycles. The number of hydrogen-bond donors (Lipinski definition) is 2. The molecule has 6 heteroatoms. The molecule has 0 spiro atoms. The first-order valence-corrected chi connectivity index (χ1v) is 9.29. The number of nitriles is 1. The van der Waals surface area contributed by atoms with E-state index in [-0.39, 0.29) is 18.5 Å². The van der Waals surface area contributed by atoms with Gasteiger partial charge in [0.05, 0.1) is 24.2 Å². The Balaban J connectivity index is 1.46. The molecule has 0 saturated heterocycles. The fourth-order valence-electron chi connectivity index (χ4n) is 2.72. The third-order valence-corrected chi connectivity index (χ3v) is 4.35. The standard InChI is InChI=1S/C23H22N4O2/c1-17(27-23(28)15-26-21-8-4-18(13-24)5-9-21)20-6-10-22(11-7-20)29-16-19-3-2-12-25-14-19/h2-12,14,17,26H,15-16H2,1H3,(H,27,28). The second-order valence-corrected chi connectivity index (χ2v) is 6.55. The predicted molar refractivity (Wildman–Crippen MR) is 111 cm³/mol. The third-order valence-electron chi connectivity index (χ3n) is 4.35. The van der Waals surface area contributed by atoms with Crippen molar-refractivity contribution in [3.63, 3.8) is 0 Å². The Morgan fingerprint density at radius 1 is 1.14 bits per heavy atom. The van der Waals surface area contributed by atoms with Crippen LogP contribution in [0.5, 0.6) is 5.75 Å². The number of ether oxygens (including phenoxy) is 1. The average molecular weight is 386 g/mol. The summed E-state index contributed by atoms with van der Waals surface area (Å²) in [4.78, 5) is 16.3. The predicted octanol–water partition coefficient (Wildman–Crippen LogP) is 3.82. The van der Waals surface area contributed by atoms with Crippen LogP contribution in [0.3, 0.4) is 0 Å². The SMILES string of the molecule is CC(NC(=O)CNc1ccc(C#N)cc1)c1ccc(OCc2cccnc2)cc1. The van der Waals surface area contributed by atoms with Crippen molar-refractivity contribution in [2.45, 2.75) is 19.6 Å². The van der Waals surface area contributed by atoms with Crippen LogP contribution in [0, 0.1) is 11.3 Å². The number of nitrogens with zero attached hydrogens (tertiary/aromatic N) is 2. The van der Waals surface area contributed by atoms with Gasteiger partial charge in [0.2, 0.25) is 5.91 Å². The first-order chi connectivity index (χ1) is 14.1. The van der Waals surface area contributed by atoms with Crippen molar-refractivity contribution < 1.29 is 9.53 Å². The number of anilines is 1. The molecule has 3 aromatic rings. The summed E-state index contributed by atoms with van der Waals surface area (Å²) in [5.74, 6) is 0.650. The molecule has 0 radical (unpaired) electrons. The lowest BCUT2D eigenvalue weighted by molar-refractivity contribution is -0.120. The van der Waals surface area contributed by atoms with Crippen molar-refractivity contribution in [1.82, 2.24) is 10.3 Å². The maximum absolute atomic E-state index is 12.2. The number of aromatic nitrogens is 1. The van der Waals surface area contributed by atoms with Crippen LogP contribution in [0.1, 0.15) is 29.7 Å². The second kappa shape index (κ2) is 9.90. The molecule has 2 aromatic carbocycles. The zero-order chi connectivity index (χ0) is 20.5. The Bertz CT molecular complexity index is 965. The summed E-state index contributed by atoms with van der Waals surface area (Å²) >= 11 is 0. The fourth-order valence-corrected chi connectivity index (χ4v) is 2.72. The maximum atomic E-state index is 12.2. The number of amides is 1. The van der Waals surface area contributed by atoms with Crippen molar-refractivity contribution in [1.29, 1.82) is 5.26 Å². The highest BCUT2D eigenvalue weighted by molar-refractivity contribution is 5.81. The summed E-state index contributed by atoms with van der Waals surface area (Å²) in [7, 11) is 0. The van der Waals surface area contributed by atoms with Crippen molar-refractivity contribution in [2.24, 2.45) is 0 Å². The number of carbonyl (C=O) groups is 1. The molecule has 1 unspecified atom stereocenters. The Hall–Kier alpha value is -3.85. The van der Waals surface area contributed by atoms with E-state index in [1.165, 1.54) is 0 Å². The van der Waals surface area contributed by atoms with Crippen molar-refractivity contribution >= 4 is 11.6 Å². The highest BCUT2D eigenvalue weighted by atomic mass is 16.5. The molecule has 1 aromatic heterocycles. The summed E-state index contributed by atoms with van der Waals surface area (Å²) in [5.41, 5.74) is 3.38. The topological polar surface area (TPSA) is 87.0 Å². The minimum Gasteiger partial charge on any atom is -0.489 e. The number of nitrogens with one attached hydrogen (secondary N) is 2. The molecular formula is C23H22N4O2. The number of rotatable bonds is 8. The quantitative estimate of drug-likeness (QED) is 0.614. The largest absolute Gasteiger partial charge is 0.489 e. The van der Waals surface area contributed by atoms with Crippen LogP contribution in [0.15, 0.2) is 73.1 Å². The van der Waals surface area contributed by atoms with Crippen LogP contribution in [0.2, 0.25) is 0 Å². The molecule has 29 heavy (non-hydrogen) atoms. The fraction of sp³-hybridized carbons (Fsp3) is 0.174. The normalized spacial score (nSPS) is 11.2. The van der Waals surface area contributed by atoms with Crippen LogP contribution >= 0.6 is 0 Å². The summed E-state index contributed by atoms with van der Waals surface area (Å²) in [5, 5.41) is 14.8. The van der Waals surface area contributed by atoms with E-state index in [1.807, 2.05) is 43.3 Å². The summed E-state index contributed by atoms with van der Waals surface area (Å²) < 4.78 is 5.75. The van der Waals surface area contributed by atoms with Gasteiger partial charge in [-0.05, 0) is 55.0 Å². The summed E-state index contributed by atoms with van der Waals surface area (Å²) in [6, 6.07) is 20.4. The van der Waals surface area contributed by atoms with E-state index in [0.717, 1.165) is 22.6 Å². The lowest BCUT2D eigenvalue weighted by Gasteiger charge is -2.16. The Morgan fingerprint density at radius 2 is 1.90 bits per heavy atom. The smallest absolute Gasteiger partial charge is 0.239 e. The Kier molecular flexibility index (Phi) is 6.80. The zero-order valence-corrected chi connectivity index (χ0v) is 16.1. The van der Waals surface area contributed by atoms with E-state index < -0.39 is 0 Å². The molecule has 0 bridgehead atoms. The molecule has 0 aliphatic rings. The minimum absolute atomic E-state index is 0.112. The average Bonchev–Trinajstić information content (AvgIpc) is 2.77. The Morgan fingerprint density at radius 3 is 2.55 bits per heavy atom. The third kappa shape index (κ3) is 6.08. The van der Waals surface area contributed by atoms with Crippen molar-refractivity contribution in [2.75, 3.05) is 11.9 Å². The first kappa shape index (κ1) is 19.9. The van der Waals surface area contributed by atoms with E-state index in [4.69, 9.17) is 10.00 Å². The van der Waals surface area contributed by atoms with Crippen molar-refractivity contribution in [3.05, 3.63) is 89.7 Å². The van der Waals surface area contributed by atoms with Crippen LogP contribution in [0.4, 0.5) is 5.69 Å². The van der Waals surface area contributed by atoms with E-state index in [2.05, 4.69) is 21.7 Å². The van der Waals surface area contributed by atoms with Gasteiger partial charge >= 0.3 is 0 Å². The molecule has 1 atom stereocenters. The number of carbonyl (C=O) groups excluding carboxylic acids is 1. The monoisotopic (exact) mass is 386 g/mol. The molecule has 0 aliphatic carbocycles. The van der Waals surface area contributed by atoms with Gasteiger partial charge in [-0.1, -0.05) is 18.2 Å². The van der Waals surface area contributed by atoms with Gasteiger partial charge in [0, 0.05) is 23.6 Å². The van der Waals surface area contributed by atoms with Crippen LogP contribution in [-0.2, 0) is 11.4 Å². The molecule has 0 fully saturated rings. The highest BCUT2D eigenvalue weighted by Gasteiger charge is 2.10. The molecule has 146 valence electrons. The molecule has 0 saturated carbocycles. The van der Waals surface area contributed by atoms with Gasteiger partial charge in [0.1, 0.15) is 12.4 Å². The lowest BCUT2D eigenvalue weighted by Crippen LogP contribution is -2.32.